The first kappa shape index (κ1) is 15.7. The molecular formula is C16H32. The number of hydrogen-bond acceptors (Lipinski definition) is 0. The van der Waals surface area contributed by atoms with Crippen LogP contribution < -0.4 is 0 Å². The predicted octanol–water partition coefficient (Wildman–Crippen LogP) is 6.12. The second-order valence-electron chi connectivity index (χ2n) is 5.19. The smallest absolute Gasteiger partial charge is 0.0320 e. The van der Waals surface area contributed by atoms with Crippen LogP contribution in [0.2, 0.25) is 0 Å². The quantitative estimate of drug-likeness (QED) is 0.371. The van der Waals surface area contributed by atoms with E-state index < -0.39 is 0 Å². The van der Waals surface area contributed by atoms with Crippen molar-refractivity contribution in [1.82, 2.24) is 0 Å². The Morgan fingerprint density at radius 2 is 1.50 bits per heavy atom. The van der Waals surface area contributed by atoms with Gasteiger partial charge in [0.15, 0.2) is 0 Å². The van der Waals surface area contributed by atoms with Crippen molar-refractivity contribution in [1.29, 1.82) is 0 Å². The van der Waals surface area contributed by atoms with Crippen molar-refractivity contribution in [3.05, 3.63) is 12.2 Å². The van der Waals surface area contributed by atoms with Gasteiger partial charge in [0.05, 0.1) is 0 Å². The zero-order valence-corrected chi connectivity index (χ0v) is 11.9. The molecule has 0 rings (SSSR count). The van der Waals surface area contributed by atoms with Crippen LogP contribution in [0, 0.1) is 5.92 Å². The Kier molecular flexibility index (Phi) is 11.0. The van der Waals surface area contributed by atoms with E-state index in [0.29, 0.717) is 0 Å². The molecule has 0 N–H and O–H groups in total. The molecule has 16 heavy (non-hydrogen) atoms. The molecule has 1 atom stereocenters. The third-order valence-electron chi connectivity index (χ3n) is 3.45. The molecule has 1 unspecified atom stereocenters. The third-order valence-corrected chi connectivity index (χ3v) is 3.45. The Morgan fingerprint density at radius 1 is 0.812 bits per heavy atom. The van der Waals surface area contributed by atoms with Crippen LogP contribution in [0.3, 0.4) is 0 Å². The summed E-state index contributed by atoms with van der Waals surface area (Å²) in [6.07, 6.45) is 13.5. The van der Waals surface area contributed by atoms with Gasteiger partial charge in [-0.15, -0.1) is 0 Å². The molecule has 0 aliphatic rings. The van der Waals surface area contributed by atoms with Crippen molar-refractivity contribution in [3.8, 4) is 0 Å². The van der Waals surface area contributed by atoms with Gasteiger partial charge in [-0.1, -0.05) is 71.4 Å². The molecule has 0 aromatic carbocycles. The first-order valence-corrected chi connectivity index (χ1v) is 7.41. The summed E-state index contributed by atoms with van der Waals surface area (Å²) in [6.45, 7) is 11.1. The van der Waals surface area contributed by atoms with E-state index in [0.717, 1.165) is 5.92 Å². The Bertz CT molecular complexity index is 157. The Labute approximate surface area is 104 Å². The number of unbranched alkanes of at least 4 members (excludes halogenated alkanes) is 2. The van der Waals surface area contributed by atoms with Crippen molar-refractivity contribution in [2.24, 2.45) is 5.92 Å². The van der Waals surface area contributed by atoms with E-state index in [2.05, 4.69) is 27.4 Å². The molecule has 0 radical (unpaired) electrons. The van der Waals surface area contributed by atoms with E-state index in [1.807, 2.05) is 0 Å². The number of allylic oxidation sites excluding steroid dienone is 1. The highest BCUT2D eigenvalue weighted by Crippen LogP contribution is 2.23. The van der Waals surface area contributed by atoms with Gasteiger partial charge in [0.2, 0.25) is 0 Å². The maximum Gasteiger partial charge on any atom is -0.0320 e. The normalized spacial score (nSPS) is 12.7. The summed E-state index contributed by atoms with van der Waals surface area (Å²) >= 11 is 0. The Balaban J connectivity index is 3.68. The fourth-order valence-corrected chi connectivity index (χ4v) is 2.29. The lowest BCUT2D eigenvalue weighted by atomic mass is 9.90. The summed E-state index contributed by atoms with van der Waals surface area (Å²) in [4.78, 5) is 0. The largest absolute Gasteiger partial charge is 0.0999 e. The third kappa shape index (κ3) is 9.00. The van der Waals surface area contributed by atoms with Crippen LogP contribution in [0.15, 0.2) is 12.2 Å². The Hall–Kier alpha value is -0.260. The minimum absolute atomic E-state index is 0.961. The summed E-state index contributed by atoms with van der Waals surface area (Å²) < 4.78 is 0. The zero-order valence-electron chi connectivity index (χ0n) is 11.9. The second-order valence-corrected chi connectivity index (χ2v) is 5.19. The average molecular weight is 224 g/mol. The van der Waals surface area contributed by atoms with Crippen molar-refractivity contribution in [3.63, 3.8) is 0 Å². The molecule has 0 amide bonds. The lowest BCUT2D eigenvalue weighted by Crippen LogP contribution is -2.01. The van der Waals surface area contributed by atoms with Crippen LogP contribution in [0.1, 0.15) is 85.0 Å². The average Bonchev–Trinajstić information content (AvgIpc) is 2.30. The summed E-state index contributed by atoms with van der Waals surface area (Å²) in [5, 5.41) is 0. The highest BCUT2D eigenvalue weighted by atomic mass is 14.1. The van der Waals surface area contributed by atoms with Crippen molar-refractivity contribution in [2.75, 3.05) is 0 Å². The predicted molar refractivity (Wildman–Crippen MR) is 75.8 cm³/mol. The van der Waals surface area contributed by atoms with Gasteiger partial charge in [-0.25, -0.2) is 0 Å². The first-order chi connectivity index (χ1) is 7.74. The second kappa shape index (κ2) is 11.2. The van der Waals surface area contributed by atoms with Gasteiger partial charge in [-0.05, 0) is 31.6 Å². The van der Waals surface area contributed by atoms with Crippen molar-refractivity contribution >= 4 is 0 Å². The lowest BCUT2D eigenvalue weighted by Gasteiger charge is -2.16. The summed E-state index contributed by atoms with van der Waals surface area (Å²) in [5.74, 6) is 0.961. The van der Waals surface area contributed by atoms with Gasteiger partial charge in [-0.3, -0.25) is 0 Å². The topological polar surface area (TPSA) is 0 Å². The van der Waals surface area contributed by atoms with Gasteiger partial charge in [0, 0.05) is 0 Å². The van der Waals surface area contributed by atoms with E-state index >= 15 is 0 Å². The van der Waals surface area contributed by atoms with Gasteiger partial charge in [0.25, 0.3) is 0 Å². The number of rotatable bonds is 11. The number of hydrogen-bond donors (Lipinski definition) is 0. The molecule has 0 aromatic rings. The minimum Gasteiger partial charge on any atom is -0.0999 e. The Morgan fingerprint density at radius 3 is 2.06 bits per heavy atom. The molecule has 0 fully saturated rings. The van der Waals surface area contributed by atoms with Gasteiger partial charge >= 0.3 is 0 Å². The van der Waals surface area contributed by atoms with Crippen LogP contribution in [-0.4, -0.2) is 0 Å². The summed E-state index contributed by atoms with van der Waals surface area (Å²) in [7, 11) is 0. The molecule has 0 aromatic heterocycles. The molecule has 0 nitrogen and oxygen atoms in total. The molecular weight excluding hydrogens is 192 g/mol. The SMILES string of the molecule is C=C(CCCC)CCC(CCC)CCCC. The fraction of sp³-hybridized carbons (Fsp3) is 0.875. The zero-order chi connectivity index (χ0) is 12.2. The van der Waals surface area contributed by atoms with Crippen molar-refractivity contribution in [2.45, 2.75) is 85.0 Å². The van der Waals surface area contributed by atoms with E-state index in [9.17, 15) is 0 Å². The standard InChI is InChI=1S/C16H32/c1-5-8-11-15(4)13-14-16(10-7-3)12-9-6-2/h16H,4-14H2,1-3H3. The molecule has 0 saturated heterocycles. The van der Waals surface area contributed by atoms with E-state index in [1.54, 1.807) is 0 Å². The van der Waals surface area contributed by atoms with Gasteiger partial charge in [0.1, 0.15) is 0 Å². The van der Waals surface area contributed by atoms with E-state index in [-0.39, 0.29) is 0 Å². The highest BCUT2D eigenvalue weighted by molar-refractivity contribution is 4.93. The van der Waals surface area contributed by atoms with Crippen LogP contribution in [0.4, 0.5) is 0 Å². The molecule has 0 heterocycles. The summed E-state index contributed by atoms with van der Waals surface area (Å²) in [5.41, 5.74) is 1.49. The molecule has 0 aliphatic heterocycles. The van der Waals surface area contributed by atoms with E-state index in [4.69, 9.17) is 0 Å². The van der Waals surface area contributed by atoms with Crippen molar-refractivity contribution < 1.29 is 0 Å². The fourth-order valence-electron chi connectivity index (χ4n) is 2.29. The van der Waals surface area contributed by atoms with E-state index in [1.165, 1.54) is 69.8 Å². The van der Waals surface area contributed by atoms with Crippen LogP contribution in [-0.2, 0) is 0 Å². The lowest BCUT2D eigenvalue weighted by molar-refractivity contribution is 0.400. The molecule has 0 saturated carbocycles. The van der Waals surface area contributed by atoms with Gasteiger partial charge in [-0.2, -0.15) is 0 Å². The van der Waals surface area contributed by atoms with Crippen LogP contribution >= 0.6 is 0 Å². The molecule has 0 aliphatic carbocycles. The van der Waals surface area contributed by atoms with Crippen LogP contribution in [0.25, 0.3) is 0 Å². The molecule has 0 heteroatoms. The monoisotopic (exact) mass is 224 g/mol. The minimum atomic E-state index is 0.961. The maximum absolute atomic E-state index is 4.20. The molecule has 96 valence electrons. The van der Waals surface area contributed by atoms with Gasteiger partial charge < -0.3 is 0 Å². The first-order valence-electron chi connectivity index (χ1n) is 7.41. The molecule has 0 bridgehead atoms. The maximum atomic E-state index is 4.20. The summed E-state index contributed by atoms with van der Waals surface area (Å²) in [6, 6.07) is 0. The highest BCUT2D eigenvalue weighted by Gasteiger charge is 2.07. The molecule has 0 spiro atoms. The van der Waals surface area contributed by atoms with Crippen LogP contribution in [0.5, 0.6) is 0 Å².